The second kappa shape index (κ2) is 2.69. The Labute approximate surface area is 78.9 Å². The molecule has 0 bridgehead atoms. The van der Waals surface area contributed by atoms with E-state index in [1.807, 2.05) is 12.1 Å². The fraction of sp³-hybridized carbons (Fsp3) is 1.00. The quantitative estimate of drug-likeness (QED) is 0.563. The van der Waals surface area contributed by atoms with Crippen LogP contribution in [-0.2, 0) is 9.57 Å². The number of hydroxylamine groups is 2. The van der Waals surface area contributed by atoms with Gasteiger partial charge in [-0.1, -0.05) is 0 Å². The average Bonchev–Trinajstić information content (AvgIpc) is 2.57. The minimum Gasteiger partial charge on any atom is -0.373 e. The van der Waals surface area contributed by atoms with Crippen LogP contribution >= 0.6 is 0 Å². The lowest BCUT2D eigenvalue weighted by atomic mass is 9.81. The molecule has 2 aliphatic heterocycles. The summed E-state index contributed by atoms with van der Waals surface area (Å²) in [5.41, 5.74) is 0. The van der Waals surface area contributed by atoms with Crippen LogP contribution in [-0.4, -0.2) is 36.5 Å². The molecule has 0 aromatic heterocycles. The van der Waals surface area contributed by atoms with Gasteiger partial charge in [-0.15, -0.1) is 0 Å². The van der Waals surface area contributed by atoms with E-state index in [-0.39, 0.29) is 0 Å². The summed E-state index contributed by atoms with van der Waals surface area (Å²) < 4.78 is 5.95. The van der Waals surface area contributed by atoms with Crippen molar-refractivity contribution in [2.24, 2.45) is 5.92 Å². The lowest BCUT2D eigenvalue weighted by Gasteiger charge is -2.27. The predicted molar refractivity (Wildman–Crippen MR) is 48.1 cm³/mol. The second-order valence-electron chi connectivity index (χ2n) is 4.57. The van der Waals surface area contributed by atoms with Crippen LogP contribution in [0.3, 0.4) is 0 Å². The zero-order valence-electron chi connectivity index (χ0n) is 8.27. The van der Waals surface area contributed by atoms with Crippen LogP contribution in [0.5, 0.6) is 0 Å². The van der Waals surface area contributed by atoms with E-state index in [4.69, 9.17) is 9.57 Å². The van der Waals surface area contributed by atoms with Crippen LogP contribution in [0.15, 0.2) is 0 Å². The molecule has 2 saturated heterocycles. The molecule has 0 N–H and O–H groups in total. The summed E-state index contributed by atoms with van der Waals surface area (Å²) in [5, 5.41) is 2.03. The Morgan fingerprint density at radius 3 is 2.85 bits per heavy atom. The minimum absolute atomic E-state index is 0.350. The van der Waals surface area contributed by atoms with Gasteiger partial charge in [-0.25, -0.2) is 0 Å². The van der Waals surface area contributed by atoms with E-state index in [1.54, 1.807) is 0 Å². The van der Waals surface area contributed by atoms with Gasteiger partial charge in [0.25, 0.3) is 0 Å². The Bertz CT molecular complexity index is 201. The summed E-state index contributed by atoms with van der Waals surface area (Å²) in [6.07, 6.45) is 4.99. The van der Waals surface area contributed by atoms with Gasteiger partial charge in [0.2, 0.25) is 0 Å². The molecular weight excluding hydrogens is 166 g/mol. The molecular formula is C10H17NO2. The first-order valence-electron chi connectivity index (χ1n) is 5.32. The van der Waals surface area contributed by atoms with Crippen LogP contribution in [0.4, 0.5) is 0 Å². The van der Waals surface area contributed by atoms with Crippen molar-refractivity contribution in [1.29, 1.82) is 0 Å². The smallest absolute Gasteiger partial charge is 0.0863 e. The van der Waals surface area contributed by atoms with Crippen LogP contribution in [0, 0.1) is 5.92 Å². The van der Waals surface area contributed by atoms with Crippen molar-refractivity contribution in [3.8, 4) is 0 Å². The van der Waals surface area contributed by atoms with Crippen molar-refractivity contribution in [1.82, 2.24) is 5.06 Å². The third-order valence-corrected chi connectivity index (χ3v) is 3.82. The van der Waals surface area contributed by atoms with Gasteiger partial charge in [-0.3, -0.25) is 4.84 Å². The molecule has 0 spiro atoms. The first kappa shape index (κ1) is 8.21. The fourth-order valence-electron chi connectivity index (χ4n) is 3.36. The summed E-state index contributed by atoms with van der Waals surface area (Å²) in [5.74, 6) is 0.647. The van der Waals surface area contributed by atoms with Crippen molar-refractivity contribution in [3.05, 3.63) is 0 Å². The number of ether oxygens (including phenoxy) is 1. The molecule has 0 aromatic carbocycles. The molecule has 13 heavy (non-hydrogen) atoms. The molecule has 0 amide bonds. The van der Waals surface area contributed by atoms with Gasteiger partial charge in [0.15, 0.2) is 0 Å². The second-order valence-corrected chi connectivity index (χ2v) is 4.57. The van der Waals surface area contributed by atoms with Crippen molar-refractivity contribution < 1.29 is 9.57 Å². The van der Waals surface area contributed by atoms with E-state index < -0.39 is 0 Å². The molecule has 3 fully saturated rings. The monoisotopic (exact) mass is 183 g/mol. The number of rotatable bonds is 0. The number of hydrogen-bond acceptors (Lipinski definition) is 3. The third-order valence-electron chi connectivity index (χ3n) is 3.82. The number of hydrogen-bond donors (Lipinski definition) is 0. The molecule has 3 nitrogen and oxygen atoms in total. The van der Waals surface area contributed by atoms with E-state index >= 15 is 0 Å². The zero-order valence-corrected chi connectivity index (χ0v) is 8.27. The molecule has 0 radical (unpaired) electrons. The highest BCUT2D eigenvalue weighted by Gasteiger charge is 2.55. The lowest BCUT2D eigenvalue weighted by Crippen LogP contribution is -2.35. The topological polar surface area (TPSA) is 21.7 Å². The molecule has 3 rings (SSSR count). The zero-order chi connectivity index (χ0) is 9.00. The highest BCUT2D eigenvalue weighted by atomic mass is 16.7. The van der Waals surface area contributed by atoms with E-state index in [0.717, 1.165) is 0 Å². The number of likely N-dealkylation sites (N-methyl/N-ethyl adjacent to an activating group) is 1. The Hall–Kier alpha value is -0.120. The van der Waals surface area contributed by atoms with Crippen LogP contribution in [0.25, 0.3) is 0 Å². The fourth-order valence-corrected chi connectivity index (χ4v) is 3.36. The van der Waals surface area contributed by atoms with Gasteiger partial charge in [-0.05, 0) is 26.2 Å². The third kappa shape index (κ3) is 1.01. The van der Waals surface area contributed by atoms with Crippen LogP contribution in [0.1, 0.15) is 26.2 Å². The molecule has 3 heteroatoms. The van der Waals surface area contributed by atoms with Gasteiger partial charge in [-0.2, -0.15) is 5.06 Å². The Morgan fingerprint density at radius 1 is 1.23 bits per heavy atom. The maximum Gasteiger partial charge on any atom is 0.0863 e. The highest BCUT2D eigenvalue weighted by molar-refractivity contribution is 5.01. The minimum atomic E-state index is 0.350. The molecule has 0 aromatic rings. The predicted octanol–water partition coefficient (Wildman–Crippen LogP) is 1.19. The van der Waals surface area contributed by atoms with Crippen molar-refractivity contribution in [2.45, 2.75) is 50.5 Å². The summed E-state index contributed by atoms with van der Waals surface area (Å²) in [7, 11) is 2.05. The highest BCUT2D eigenvalue weighted by Crippen LogP contribution is 2.45. The van der Waals surface area contributed by atoms with E-state index in [2.05, 4.69) is 6.92 Å². The molecule has 2 heterocycles. The van der Waals surface area contributed by atoms with Gasteiger partial charge < -0.3 is 4.74 Å². The molecule has 3 aliphatic rings. The van der Waals surface area contributed by atoms with E-state index in [1.165, 1.54) is 19.3 Å². The summed E-state index contributed by atoms with van der Waals surface area (Å²) in [6, 6.07) is 0.510. The molecule has 74 valence electrons. The van der Waals surface area contributed by atoms with Crippen LogP contribution in [0.2, 0.25) is 0 Å². The maximum atomic E-state index is 5.95. The van der Waals surface area contributed by atoms with E-state index in [9.17, 15) is 0 Å². The van der Waals surface area contributed by atoms with Gasteiger partial charge in [0.05, 0.1) is 24.4 Å². The standard InChI is InChI=1S/C10H17NO2/c1-6-10-9-7(12-6)4-3-5-8(9)13-11(10)2/h6-10H,3-5H2,1-2H3/t6-,7-,8+,9-,10-/m0/s1. The first-order chi connectivity index (χ1) is 6.27. The molecule has 1 aliphatic carbocycles. The normalized spacial score (nSPS) is 55.4. The van der Waals surface area contributed by atoms with Crippen LogP contribution < -0.4 is 0 Å². The van der Waals surface area contributed by atoms with Gasteiger partial charge >= 0.3 is 0 Å². The SMILES string of the molecule is C[C@@H]1O[C@H]2CCC[C@H]3ON(C)[C@@H]1[C@@H]23. The Kier molecular flexibility index (Phi) is 1.70. The summed E-state index contributed by atoms with van der Waals surface area (Å²) in [4.78, 5) is 5.82. The average molecular weight is 183 g/mol. The molecule has 5 atom stereocenters. The largest absolute Gasteiger partial charge is 0.373 e. The van der Waals surface area contributed by atoms with Crippen molar-refractivity contribution in [3.63, 3.8) is 0 Å². The van der Waals surface area contributed by atoms with E-state index in [0.29, 0.717) is 30.3 Å². The summed E-state index contributed by atoms with van der Waals surface area (Å²) in [6.45, 7) is 2.17. The van der Waals surface area contributed by atoms with Crippen molar-refractivity contribution in [2.75, 3.05) is 7.05 Å². The Morgan fingerprint density at radius 2 is 2.00 bits per heavy atom. The lowest BCUT2D eigenvalue weighted by molar-refractivity contribution is -0.178. The maximum absolute atomic E-state index is 5.95. The molecule has 0 unspecified atom stereocenters. The Balaban J connectivity index is 1.91. The van der Waals surface area contributed by atoms with Gasteiger partial charge in [0.1, 0.15) is 0 Å². The summed E-state index contributed by atoms with van der Waals surface area (Å²) >= 11 is 0. The number of nitrogens with zero attached hydrogens (tertiary/aromatic N) is 1. The van der Waals surface area contributed by atoms with Gasteiger partial charge in [0, 0.05) is 13.0 Å². The first-order valence-corrected chi connectivity index (χ1v) is 5.32. The molecule has 1 saturated carbocycles. The van der Waals surface area contributed by atoms with Crippen molar-refractivity contribution >= 4 is 0 Å².